The average molecular weight is 605 g/mol. The number of hydrogen-bond acceptors (Lipinski definition) is 0. The summed E-state index contributed by atoms with van der Waals surface area (Å²) in [5, 5.41) is 0. The van der Waals surface area contributed by atoms with Crippen LogP contribution in [0.15, 0.2) is 146 Å². The Morgan fingerprint density at radius 1 is 0.468 bits per heavy atom. The maximum atomic E-state index is 2.47. The zero-order valence-corrected chi connectivity index (χ0v) is 27.2. The van der Waals surface area contributed by atoms with E-state index in [1.54, 1.807) is 5.56 Å². The number of allylic oxidation sites excluding steroid dienone is 2. The van der Waals surface area contributed by atoms with Crippen molar-refractivity contribution >= 4 is 0 Å². The Bertz CT molecular complexity index is 2160. The van der Waals surface area contributed by atoms with Gasteiger partial charge in [0.2, 0.25) is 0 Å². The van der Waals surface area contributed by atoms with Crippen molar-refractivity contribution < 1.29 is 0 Å². The van der Waals surface area contributed by atoms with Gasteiger partial charge in [-0.05, 0) is 141 Å². The third-order valence-corrected chi connectivity index (χ3v) is 11.4. The molecule has 0 bridgehead atoms. The topological polar surface area (TPSA) is 0 Å². The van der Waals surface area contributed by atoms with Gasteiger partial charge >= 0.3 is 0 Å². The van der Waals surface area contributed by atoms with Gasteiger partial charge < -0.3 is 0 Å². The van der Waals surface area contributed by atoms with Crippen LogP contribution in [0.5, 0.6) is 0 Å². The Balaban J connectivity index is 1.02. The summed E-state index contributed by atoms with van der Waals surface area (Å²) < 4.78 is 0. The van der Waals surface area contributed by atoms with Crippen LogP contribution >= 0.6 is 0 Å². The molecular weight excluding hydrogens is 565 g/mol. The molecule has 0 aromatic heterocycles. The molecule has 0 saturated carbocycles. The minimum Gasteiger partial charge on any atom is -0.0879 e. The van der Waals surface area contributed by atoms with E-state index in [0.29, 0.717) is 5.92 Å². The number of rotatable bonds is 4. The highest BCUT2D eigenvalue weighted by molar-refractivity contribution is 5.83. The first-order chi connectivity index (χ1) is 23.1. The molecule has 0 nitrogen and oxygen atoms in total. The molecule has 6 aromatic rings. The van der Waals surface area contributed by atoms with Crippen molar-refractivity contribution in [2.24, 2.45) is 0 Å². The van der Waals surface area contributed by atoms with Crippen LogP contribution in [0, 0.1) is 0 Å². The molecule has 6 aromatic carbocycles. The summed E-state index contributed by atoms with van der Waals surface area (Å²) in [6, 6.07) is 50.6. The molecule has 2 unspecified atom stereocenters. The van der Waals surface area contributed by atoms with Crippen LogP contribution in [0.1, 0.15) is 60.8 Å². The highest BCUT2D eigenvalue weighted by Gasteiger charge is 2.43. The van der Waals surface area contributed by atoms with Gasteiger partial charge in [-0.15, -0.1) is 0 Å². The summed E-state index contributed by atoms with van der Waals surface area (Å²) in [7, 11) is 0. The van der Waals surface area contributed by atoms with Gasteiger partial charge in [-0.2, -0.15) is 0 Å². The summed E-state index contributed by atoms with van der Waals surface area (Å²) in [6.45, 7) is 2.47. The molecule has 0 amide bonds. The zero-order valence-electron chi connectivity index (χ0n) is 27.2. The van der Waals surface area contributed by atoms with Crippen molar-refractivity contribution in [3.05, 3.63) is 168 Å². The minimum absolute atomic E-state index is 0.159. The predicted molar refractivity (Wildman–Crippen MR) is 199 cm³/mol. The van der Waals surface area contributed by atoms with Gasteiger partial charge in [0, 0.05) is 5.41 Å². The molecule has 0 N–H and O–H groups in total. The second-order valence-corrected chi connectivity index (χ2v) is 14.2. The van der Waals surface area contributed by atoms with E-state index in [1.165, 1.54) is 98.0 Å². The number of benzene rings is 6. The third kappa shape index (κ3) is 4.90. The maximum Gasteiger partial charge on any atom is 0.00371 e. The van der Waals surface area contributed by atoms with Crippen LogP contribution in [0.25, 0.3) is 55.6 Å². The van der Waals surface area contributed by atoms with E-state index in [4.69, 9.17) is 0 Å². The molecule has 0 fully saturated rings. The van der Waals surface area contributed by atoms with Gasteiger partial charge in [0.15, 0.2) is 0 Å². The number of aryl methyl sites for hydroxylation is 2. The minimum atomic E-state index is 0.159. The number of hydrogen-bond donors (Lipinski definition) is 0. The van der Waals surface area contributed by atoms with Gasteiger partial charge in [0.05, 0.1) is 0 Å². The molecule has 0 heterocycles. The predicted octanol–water partition coefficient (Wildman–Crippen LogP) is 12.6. The highest BCUT2D eigenvalue weighted by atomic mass is 14.5. The molecule has 0 radical (unpaired) electrons. The van der Waals surface area contributed by atoms with Crippen molar-refractivity contribution in [2.45, 2.75) is 56.8 Å². The zero-order chi connectivity index (χ0) is 31.4. The van der Waals surface area contributed by atoms with Gasteiger partial charge in [0.25, 0.3) is 0 Å². The quantitative estimate of drug-likeness (QED) is 0.176. The maximum absolute atomic E-state index is 2.47. The van der Waals surface area contributed by atoms with E-state index < -0.39 is 0 Å². The fourth-order valence-electron chi connectivity index (χ4n) is 8.74. The first kappa shape index (κ1) is 28.3. The van der Waals surface area contributed by atoms with E-state index in [0.717, 1.165) is 12.8 Å². The molecule has 0 saturated heterocycles. The van der Waals surface area contributed by atoms with Crippen molar-refractivity contribution in [3.8, 4) is 55.6 Å². The lowest BCUT2D eigenvalue weighted by molar-refractivity contribution is 0.361. The van der Waals surface area contributed by atoms with Crippen molar-refractivity contribution in [2.75, 3.05) is 0 Å². The van der Waals surface area contributed by atoms with Gasteiger partial charge in [-0.3, -0.25) is 0 Å². The monoisotopic (exact) mass is 604 g/mol. The summed E-state index contributed by atoms with van der Waals surface area (Å²) in [6.07, 6.45) is 12.1. The fraction of sp³-hybridized carbons (Fsp3) is 0.191. The second kappa shape index (κ2) is 11.4. The molecule has 47 heavy (non-hydrogen) atoms. The van der Waals surface area contributed by atoms with Crippen molar-refractivity contribution in [1.82, 2.24) is 0 Å². The van der Waals surface area contributed by atoms with Gasteiger partial charge in [-0.25, -0.2) is 0 Å². The molecule has 9 rings (SSSR count). The lowest BCUT2D eigenvalue weighted by atomic mass is 9.58. The molecule has 2 atom stereocenters. The summed E-state index contributed by atoms with van der Waals surface area (Å²) in [5.74, 6) is 0.521. The standard InChI is InChI=1S/C47H40/c1-47-27-7-6-18-46(47)43-26-25-41(31-44(43)42-16-4-5-17-45(42)47)39-15-9-14-38(30-39)37-13-8-12-36(28-37)33-19-21-34(22-20-33)40-24-23-32-10-2-3-11-35(32)29-40/h4-9,12-17,19-26,28-31,46H,2-3,10-11,18,27H2,1H3. The molecule has 0 aliphatic heterocycles. The lowest BCUT2D eigenvalue weighted by Gasteiger charge is -2.45. The number of fused-ring (bicyclic) bond motifs is 7. The first-order valence-electron chi connectivity index (χ1n) is 17.5. The van der Waals surface area contributed by atoms with Crippen LogP contribution < -0.4 is 0 Å². The summed E-state index contributed by atoms with van der Waals surface area (Å²) in [5.41, 5.74) is 19.2. The fourth-order valence-corrected chi connectivity index (χ4v) is 8.74. The Morgan fingerprint density at radius 2 is 1.04 bits per heavy atom. The molecular formula is C47H40. The van der Waals surface area contributed by atoms with Crippen LogP contribution in [-0.4, -0.2) is 0 Å². The first-order valence-corrected chi connectivity index (χ1v) is 17.5. The second-order valence-electron chi connectivity index (χ2n) is 14.2. The summed E-state index contributed by atoms with van der Waals surface area (Å²) in [4.78, 5) is 0. The van der Waals surface area contributed by atoms with Crippen LogP contribution in [0.3, 0.4) is 0 Å². The third-order valence-electron chi connectivity index (χ3n) is 11.4. The summed E-state index contributed by atoms with van der Waals surface area (Å²) >= 11 is 0. The Labute approximate surface area is 279 Å². The van der Waals surface area contributed by atoms with E-state index in [1.807, 2.05) is 0 Å². The molecule has 0 heteroatoms. The molecule has 3 aliphatic carbocycles. The van der Waals surface area contributed by atoms with E-state index in [-0.39, 0.29) is 5.41 Å². The average Bonchev–Trinajstić information content (AvgIpc) is 3.15. The van der Waals surface area contributed by atoms with Gasteiger partial charge in [0.1, 0.15) is 0 Å². The van der Waals surface area contributed by atoms with Gasteiger partial charge in [-0.1, -0.05) is 134 Å². The normalized spacial score (nSPS) is 19.3. The Kier molecular flexibility index (Phi) is 6.86. The molecule has 0 spiro atoms. The largest absolute Gasteiger partial charge is 0.0879 e. The van der Waals surface area contributed by atoms with E-state index >= 15 is 0 Å². The molecule has 228 valence electrons. The Morgan fingerprint density at radius 3 is 1.77 bits per heavy atom. The van der Waals surface area contributed by atoms with E-state index in [9.17, 15) is 0 Å². The Hall–Kier alpha value is -4.94. The SMILES string of the molecule is CC12CC=CCC1c1ccc(-c3cccc(-c4cccc(-c5ccc(-c6ccc7c(c6)CCCC7)cc5)c4)c3)cc1-c1ccccc12. The van der Waals surface area contributed by atoms with Crippen LogP contribution in [0.4, 0.5) is 0 Å². The van der Waals surface area contributed by atoms with Crippen LogP contribution in [0.2, 0.25) is 0 Å². The lowest BCUT2D eigenvalue weighted by Crippen LogP contribution is -2.35. The van der Waals surface area contributed by atoms with Crippen LogP contribution in [-0.2, 0) is 18.3 Å². The smallest absolute Gasteiger partial charge is 0.00371 e. The molecule has 3 aliphatic rings. The van der Waals surface area contributed by atoms with E-state index in [2.05, 4.69) is 153 Å². The van der Waals surface area contributed by atoms with Crippen molar-refractivity contribution in [1.29, 1.82) is 0 Å². The highest BCUT2D eigenvalue weighted by Crippen LogP contribution is 2.55. The van der Waals surface area contributed by atoms with Crippen molar-refractivity contribution in [3.63, 3.8) is 0 Å².